The highest BCUT2D eigenvalue weighted by Crippen LogP contribution is 2.25. The molecule has 1 aromatic carbocycles. The van der Waals surface area contributed by atoms with Gasteiger partial charge in [-0.1, -0.05) is 0 Å². The largest absolute Gasteiger partial charge is 0.398 e. The van der Waals surface area contributed by atoms with Gasteiger partial charge in [-0.05, 0) is 18.2 Å². The summed E-state index contributed by atoms with van der Waals surface area (Å²) in [5, 5.41) is 11.6. The van der Waals surface area contributed by atoms with Gasteiger partial charge in [0.15, 0.2) is 0 Å². The summed E-state index contributed by atoms with van der Waals surface area (Å²) in [5.74, 6) is -1.10. The summed E-state index contributed by atoms with van der Waals surface area (Å²) in [5.41, 5.74) is 6.07. The number of nitrogens with two attached hydrogens (primary N) is 1. The first-order valence-electron chi connectivity index (χ1n) is 5.37. The van der Waals surface area contributed by atoms with Crippen LogP contribution in [0.4, 0.5) is 10.1 Å². The number of fused-ring (bicyclic) bond motifs is 1. The van der Waals surface area contributed by atoms with Crippen molar-refractivity contribution < 1.29 is 14.3 Å². The molecule has 94 valence electrons. The lowest BCUT2D eigenvalue weighted by Gasteiger charge is -2.08. The minimum absolute atomic E-state index is 0.0363. The minimum atomic E-state index is -0.554. The highest BCUT2D eigenvalue weighted by molar-refractivity contribution is 6.08. The number of halogens is 1. The van der Waals surface area contributed by atoms with Crippen LogP contribution in [0.15, 0.2) is 24.4 Å². The van der Waals surface area contributed by atoms with Gasteiger partial charge in [0.1, 0.15) is 11.5 Å². The highest BCUT2D eigenvalue weighted by Gasteiger charge is 2.15. The lowest BCUT2D eigenvalue weighted by Crippen LogP contribution is -2.27. The second kappa shape index (κ2) is 4.97. The third kappa shape index (κ3) is 2.10. The number of carbonyl (C=O) groups excluding carboxylic acids is 1. The quantitative estimate of drug-likeness (QED) is 0.698. The number of aliphatic hydroxyl groups excluding tert-OH is 1. The summed E-state index contributed by atoms with van der Waals surface area (Å²) < 4.78 is 13.8. The van der Waals surface area contributed by atoms with Gasteiger partial charge < -0.3 is 16.2 Å². The number of hydrogen-bond donors (Lipinski definition) is 3. The minimum Gasteiger partial charge on any atom is -0.398 e. The fourth-order valence-corrected chi connectivity index (χ4v) is 1.71. The number of hydrogen-bond acceptors (Lipinski definition) is 4. The monoisotopic (exact) mass is 249 g/mol. The maximum absolute atomic E-state index is 13.8. The number of carbonyl (C=O) groups is 1. The summed E-state index contributed by atoms with van der Waals surface area (Å²) in [6.45, 7) is -0.109. The Morgan fingerprint density at radius 1 is 1.44 bits per heavy atom. The highest BCUT2D eigenvalue weighted by atomic mass is 19.1. The Balaban J connectivity index is 2.58. The van der Waals surface area contributed by atoms with Gasteiger partial charge in [0.2, 0.25) is 0 Å². The molecule has 18 heavy (non-hydrogen) atoms. The van der Waals surface area contributed by atoms with Crippen LogP contribution in [0.1, 0.15) is 10.5 Å². The van der Waals surface area contributed by atoms with Crippen molar-refractivity contribution in [2.24, 2.45) is 0 Å². The van der Waals surface area contributed by atoms with Gasteiger partial charge in [-0.3, -0.25) is 9.78 Å². The van der Waals surface area contributed by atoms with Crippen molar-refractivity contribution in [2.45, 2.75) is 0 Å². The van der Waals surface area contributed by atoms with Crippen molar-refractivity contribution in [1.82, 2.24) is 10.3 Å². The van der Waals surface area contributed by atoms with Gasteiger partial charge >= 0.3 is 0 Å². The van der Waals surface area contributed by atoms with Crippen LogP contribution in [0, 0.1) is 5.82 Å². The van der Waals surface area contributed by atoms with E-state index in [-0.39, 0.29) is 24.2 Å². The second-order valence-corrected chi connectivity index (χ2v) is 3.70. The number of nitrogens with zero attached hydrogens (tertiary/aromatic N) is 1. The van der Waals surface area contributed by atoms with Gasteiger partial charge in [0.25, 0.3) is 5.91 Å². The van der Waals surface area contributed by atoms with E-state index in [2.05, 4.69) is 10.3 Å². The molecular weight excluding hydrogens is 237 g/mol. The summed E-state index contributed by atoms with van der Waals surface area (Å²) in [6, 6.07) is 4.19. The molecule has 1 aromatic heterocycles. The van der Waals surface area contributed by atoms with E-state index in [4.69, 9.17) is 10.8 Å². The van der Waals surface area contributed by atoms with E-state index in [1.165, 1.54) is 18.3 Å². The average Bonchev–Trinajstić information content (AvgIpc) is 2.39. The number of nitrogen functional groups attached to an aromatic ring is 1. The predicted molar refractivity (Wildman–Crippen MR) is 65.5 cm³/mol. The molecule has 5 nitrogen and oxygen atoms in total. The van der Waals surface area contributed by atoms with Crippen LogP contribution in [-0.2, 0) is 0 Å². The van der Waals surface area contributed by atoms with Crippen LogP contribution >= 0.6 is 0 Å². The Hall–Kier alpha value is -2.21. The molecule has 0 spiro atoms. The maximum atomic E-state index is 13.8. The fourth-order valence-electron chi connectivity index (χ4n) is 1.71. The molecule has 2 aromatic rings. The first-order valence-corrected chi connectivity index (χ1v) is 5.37. The summed E-state index contributed by atoms with van der Waals surface area (Å²) >= 11 is 0. The summed E-state index contributed by atoms with van der Waals surface area (Å²) in [7, 11) is 0. The van der Waals surface area contributed by atoms with Crippen LogP contribution in [-0.4, -0.2) is 29.1 Å². The number of amides is 1. The molecule has 2 rings (SSSR count). The van der Waals surface area contributed by atoms with Crippen molar-refractivity contribution in [2.75, 3.05) is 18.9 Å². The maximum Gasteiger partial charge on any atom is 0.270 e. The lowest BCUT2D eigenvalue weighted by atomic mass is 10.1. The van der Waals surface area contributed by atoms with Gasteiger partial charge in [-0.15, -0.1) is 0 Å². The number of anilines is 1. The third-order valence-electron chi connectivity index (χ3n) is 2.52. The molecule has 4 N–H and O–H groups in total. The molecule has 1 amide bonds. The van der Waals surface area contributed by atoms with Gasteiger partial charge in [0.05, 0.1) is 12.0 Å². The van der Waals surface area contributed by atoms with Crippen molar-refractivity contribution in [3.63, 3.8) is 0 Å². The Kier molecular flexibility index (Phi) is 3.38. The molecule has 0 aliphatic carbocycles. The van der Waals surface area contributed by atoms with Crippen molar-refractivity contribution in [1.29, 1.82) is 0 Å². The first kappa shape index (κ1) is 12.3. The van der Waals surface area contributed by atoms with Crippen molar-refractivity contribution in [3.8, 4) is 0 Å². The number of rotatable bonds is 3. The SMILES string of the molecule is Nc1ccc(F)c2c(C(=O)NCCO)nccc12. The molecule has 0 radical (unpaired) electrons. The molecule has 0 unspecified atom stereocenters. The lowest BCUT2D eigenvalue weighted by molar-refractivity contribution is 0.0941. The molecule has 0 saturated carbocycles. The van der Waals surface area contributed by atoms with E-state index >= 15 is 0 Å². The number of benzene rings is 1. The fraction of sp³-hybridized carbons (Fsp3) is 0.167. The van der Waals surface area contributed by atoms with Crippen LogP contribution in [0.5, 0.6) is 0 Å². The van der Waals surface area contributed by atoms with Crippen molar-refractivity contribution in [3.05, 3.63) is 35.9 Å². The Labute approximate surface area is 102 Å². The number of aromatic nitrogens is 1. The standard InChI is InChI=1S/C12H12FN3O2/c13-8-1-2-9(14)7-3-4-15-11(10(7)8)12(18)16-5-6-17/h1-4,17H,5-6,14H2,(H,16,18). The molecule has 1 heterocycles. The third-order valence-corrected chi connectivity index (χ3v) is 2.52. The molecule has 0 aliphatic rings. The smallest absolute Gasteiger partial charge is 0.270 e. The van der Waals surface area contributed by atoms with E-state index in [0.29, 0.717) is 11.1 Å². The second-order valence-electron chi connectivity index (χ2n) is 3.70. The van der Waals surface area contributed by atoms with Crippen LogP contribution < -0.4 is 11.1 Å². The van der Waals surface area contributed by atoms with Crippen molar-refractivity contribution >= 4 is 22.4 Å². The zero-order valence-corrected chi connectivity index (χ0v) is 9.48. The molecule has 0 fully saturated rings. The van der Waals surface area contributed by atoms with Gasteiger partial charge in [-0.25, -0.2) is 4.39 Å². The first-order chi connectivity index (χ1) is 8.65. The zero-order chi connectivity index (χ0) is 13.1. The molecule has 0 aliphatic heterocycles. The predicted octanol–water partition coefficient (Wildman–Crippen LogP) is 0.678. The Morgan fingerprint density at radius 3 is 2.94 bits per heavy atom. The zero-order valence-electron chi connectivity index (χ0n) is 9.48. The van der Waals surface area contributed by atoms with E-state index in [1.54, 1.807) is 6.07 Å². The van der Waals surface area contributed by atoms with Crippen LogP contribution in [0.25, 0.3) is 10.8 Å². The number of pyridine rings is 1. The summed E-state index contributed by atoms with van der Waals surface area (Å²) in [4.78, 5) is 15.7. The van der Waals surface area contributed by atoms with E-state index in [1.807, 2.05) is 0 Å². The van der Waals surface area contributed by atoms with Crippen LogP contribution in [0.2, 0.25) is 0 Å². The Bertz CT molecular complexity index is 601. The van der Waals surface area contributed by atoms with Gasteiger partial charge in [-0.2, -0.15) is 0 Å². The molecule has 0 atom stereocenters. The molecule has 0 bridgehead atoms. The normalized spacial score (nSPS) is 10.6. The Morgan fingerprint density at radius 2 is 2.22 bits per heavy atom. The summed E-state index contributed by atoms with van der Waals surface area (Å²) in [6.07, 6.45) is 1.39. The van der Waals surface area contributed by atoms with Gasteiger partial charge in [0, 0.05) is 23.8 Å². The molecule has 0 saturated heterocycles. The van der Waals surface area contributed by atoms with E-state index in [0.717, 1.165) is 0 Å². The number of aliphatic hydroxyl groups is 1. The van der Waals surface area contributed by atoms with E-state index in [9.17, 15) is 9.18 Å². The number of nitrogens with one attached hydrogen (secondary N) is 1. The molecular formula is C12H12FN3O2. The van der Waals surface area contributed by atoms with Crippen LogP contribution in [0.3, 0.4) is 0 Å². The topological polar surface area (TPSA) is 88.2 Å². The average molecular weight is 249 g/mol. The molecule has 6 heteroatoms. The van der Waals surface area contributed by atoms with E-state index < -0.39 is 11.7 Å².